The Kier molecular flexibility index (Phi) is 7.10. The molecule has 0 aromatic carbocycles. The van der Waals surface area contributed by atoms with E-state index in [1.54, 1.807) is 33.8 Å². The third kappa shape index (κ3) is 5.99. The highest BCUT2D eigenvalue weighted by atomic mass is 19.1. The summed E-state index contributed by atoms with van der Waals surface area (Å²) in [6, 6.07) is -0.601. The molecule has 0 radical (unpaired) electrons. The molecule has 2 N–H and O–H groups in total. The Morgan fingerprint density at radius 1 is 1.31 bits per heavy atom. The minimum Gasteiger partial charge on any atom is -0.444 e. The van der Waals surface area contributed by atoms with Crippen LogP contribution in [0.5, 0.6) is 0 Å². The number of nitrogens with one attached hydrogen (secondary N) is 2. The van der Waals surface area contributed by atoms with Crippen molar-refractivity contribution in [2.75, 3.05) is 13.1 Å². The largest absolute Gasteiger partial charge is 0.444 e. The van der Waals surface area contributed by atoms with Gasteiger partial charge >= 0.3 is 6.09 Å². The minimum absolute atomic E-state index is 0.0410. The normalized spacial score (nSPS) is 29.5. The molecule has 8 heteroatoms. The number of carbonyl (C=O) groups is 3. The number of allylic oxidation sites excluding steroid dienone is 4. The average molecular weight is 448 g/mol. The van der Waals surface area contributed by atoms with Crippen LogP contribution < -0.4 is 10.6 Å². The fourth-order valence-corrected chi connectivity index (χ4v) is 4.30. The lowest BCUT2D eigenvalue weighted by molar-refractivity contribution is -0.137. The van der Waals surface area contributed by atoms with E-state index in [4.69, 9.17) is 4.74 Å². The number of likely N-dealkylation sites (tertiary alicyclic amines) is 1. The molecular formula is C24H34FN3O4. The second kappa shape index (κ2) is 9.46. The Bertz CT molecular complexity index is 845. The van der Waals surface area contributed by atoms with Crippen LogP contribution in [0.15, 0.2) is 36.2 Å². The molecule has 3 rings (SSSR count). The van der Waals surface area contributed by atoms with E-state index >= 15 is 0 Å². The highest BCUT2D eigenvalue weighted by molar-refractivity contribution is 5.90. The number of rotatable bonds is 6. The smallest absolute Gasteiger partial charge is 0.408 e. The number of halogens is 1. The Balaban J connectivity index is 1.66. The number of ether oxygens (including phenoxy) is 1. The molecule has 32 heavy (non-hydrogen) atoms. The minimum atomic E-state index is -0.688. The summed E-state index contributed by atoms with van der Waals surface area (Å²) in [5.41, 5.74) is -0.0595. The van der Waals surface area contributed by atoms with Gasteiger partial charge in [-0.05, 0) is 63.9 Å². The predicted octanol–water partition coefficient (Wildman–Crippen LogP) is 3.24. The maximum atomic E-state index is 14.2. The zero-order chi connectivity index (χ0) is 23.6. The first-order valence-electron chi connectivity index (χ1n) is 11.2. The van der Waals surface area contributed by atoms with Crippen molar-refractivity contribution in [3.8, 4) is 0 Å². The molecule has 3 amide bonds. The predicted molar refractivity (Wildman–Crippen MR) is 119 cm³/mol. The van der Waals surface area contributed by atoms with Crippen molar-refractivity contribution >= 4 is 17.9 Å². The van der Waals surface area contributed by atoms with Crippen LogP contribution in [0.25, 0.3) is 0 Å². The molecular weight excluding hydrogens is 413 g/mol. The molecule has 2 fully saturated rings. The van der Waals surface area contributed by atoms with Crippen LogP contribution in [-0.4, -0.2) is 53.6 Å². The van der Waals surface area contributed by atoms with Crippen LogP contribution in [0.4, 0.5) is 9.18 Å². The third-order valence-corrected chi connectivity index (χ3v) is 6.25. The average Bonchev–Trinajstić information content (AvgIpc) is 3.30. The second-order valence-electron chi connectivity index (χ2n) is 9.98. The Morgan fingerprint density at radius 3 is 2.62 bits per heavy atom. The van der Waals surface area contributed by atoms with E-state index < -0.39 is 17.7 Å². The molecule has 2 aliphatic carbocycles. The van der Waals surface area contributed by atoms with Gasteiger partial charge in [0.1, 0.15) is 24.0 Å². The summed E-state index contributed by atoms with van der Waals surface area (Å²) in [6.07, 6.45) is 6.45. The molecule has 0 aromatic heterocycles. The summed E-state index contributed by atoms with van der Waals surface area (Å²) in [7, 11) is 0. The van der Waals surface area contributed by atoms with Gasteiger partial charge in [-0.1, -0.05) is 18.2 Å². The van der Waals surface area contributed by atoms with Crippen LogP contribution in [0.2, 0.25) is 0 Å². The first-order chi connectivity index (χ1) is 15.0. The summed E-state index contributed by atoms with van der Waals surface area (Å²) in [5, 5.41) is 5.47. The molecule has 3 aliphatic rings. The standard InChI is InChI=1S/C24H34FN3O4/c1-6-15-10-19(15)27-22(30)20-11-17(16-8-7-14(2)18(25)9-16)13-28(20)21(29)12-26-23(31)32-24(3,4)5/h6-8,15-17,19-20H,1,9-13H2,2-5H3,(H,26,31)(H,27,30)/t15-,16?,17-,19-,20+/m1/s1. The van der Waals surface area contributed by atoms with E-state index in [0.29, 0.717) is 18.5 Å². The Hall–Kier alpha value is -2.64. The van der Waals surface area contributed by atoms with Gasteiger partial charge in [0.2, 0.25) is 11.8 Å². The van der Waals surface area contributed by atoms with Gasteiger partial charge in [0.05, 0.1) is 0 Å². The third-order valence-electron chi connectivity index (χ3n) is 6.25. The molecule has 1 unspecified atom stereocenters. The van der Waals surface area contributed by atoms with Crippen molar-refractivity contribution in [3.05, 3.63) is 36.2 Å². The molecule has 1 saturated carbocycles. The molecule has 0 spiro atoms. The zero-order valence-electron chi connectivity index (χ0n) is 19.3. The summed E-state index contributed by atoms with van der Waals surface area (Å²) >= 11 is 0. The highest BCUT2D eigenvalue weighted by Crippen LogP contribution is 2.38. The number of alkyl carbamates (subject to hydrolysis) is 1. The lowest BCUT2D eigenvalue weighted by Crippen LogP contribution is -2.49. The van der Waals surface area contributed by atoms with E-state index in [-0.39, 0.29) is 54.4 Å². The molecule has 1 heterocycles. The van der Waals surface area contributed by atoms with Crippen molar-refractivity contribution in [2.24, 2.45) is 17.8 Å². The second-order valence-corrected chi connectivity index (χ2v) is 9.98. The Labute approximate surface area is 189 Å². The number of amides is 3. The molecule has 1 aliphatic heterocycles. The fraction of sp³-hybridized carbons (Fsp3) is 0.625. The first-order valence-corrected chi connectivity index (χ1v) is 11.2. The summed E-state index contributed by atoms with van der Waals surface area (Å²) < 4.78 is 19.4. The van der Waals surface area contributed by atoms with Crippen molar-refractivity contribution < 1.29 is 23.5 Å². The summed E-state index contributed by atoms with van der Waals surface area (Å²) in [6.45, 7) is 10.8. The molecule has 0 bridgehead atoms. The first kappa shape index (κ1) is 24.0. The molecule has 1 saturated heterocycles. The van der Waals surface area contributed by atoms with Gasteiger partial charge in [-0.15, -0.1) is 6.58 Å². The fourth-order valence-electron chi connectivity index (χ4n) is 4.30. The van der Waals surface area contributed by atoms with E-state index in [1.807, 2.05) is 12.2 Å². The van der Waals surface area contributed by atoms with Crippen LogP contribution in [0.1, 0.15) is 47.0 Å². The van der Waals surface area contributed by atoms with Crippen molar-refractivity contribution in [1.82, 2.24) is 15.5 Å². The quantitative estimate of drug-likeness (QED) is 0.612. The van der Waals surface area contributed by atoms with Gasteiger partial charge in [-0.3, -0.25) is 9.59 Å². The van der Waals surface area contributed by atoms with Gasteiger partial charge in [-0.2, -0.15) is 0 Å². The number of hydrogen-bond acceptors (Lipinski definition) is 4. The lowest BCUT2D eigenvalue weighted by atomic mass is 9.83. The van der Waals surface area contributed by atoms with Gasteiger partial charge in [0.15, 0.2) is 0 Å². The van der Waals surface area contributed by atoms with Crippen molar-refractivity contribution in [2.45, 2.75) is 64.6 Å². The summed E-state index contributed by atoms with van der Waals surface area (Å²) in [5.74, 6) is -0.575. The van der Waals surface area contributed by atoms with Gasteiger partial charge in [0, 0.05) is 19.0 Å². The maximum absolute atomic E-state index is 14.2. The zero-order valence-corrected chi connectivity index (χ0v) is 19.3. The van der Waals surface area contributed by atoms with E-state index in [0.717, 1.165) is 6.42 Å². The van der Waals surface area contributed by atoms with Gasteiger partial charge in [0.25, 0.3) is 0 Å². The van der Waals surface area contributed by atoms with E-state index in [9.17, 15) is 18.8 Å². The number of carbonyl (C=O) groups excluding carboxylic acids is 3. The van der Waals surface area contributed by atoms with Crippen molar-refractivity contribution in [3.63, 3.8) is 0 Å². The van der Waals surface area contributed by atoms with Gasteiger partial charge in [-0.25, -0.2) is 9.18 Å². The van der Waals surface area contributed by atoms with Crippen LogP contribution in [0.3, 0.4) is 0 Å². The number of hydrogen-bond donors (Lipinski definition) is 2. The summed E-state index contributed by atoms with van der Waals surface area (Å²) in [4.78, 5) is 39.4. The maximum Gasteiger partial charge on any atom is 0.408 e. The highest BCUT2D eigenvalue weighted by Gasteiger charge is 2.45. The van der Waals surface area contributed by atoms with E-state index in [1.165, 1.54) is 4.90 Å². The van der Waals surface area contributed by atoms with Crippen LogP contribution in [-0.2, 0) is 14.3 Å². The monoisotopic (exact) mass is 447 g/mol. The van der Waals surface area contributed by atoms with Gasteiger partial charge < -0.3 is 20.3 Å². The number of nitrogens with zero attached hydrogens (tertiary/aromatic N) is 1. The lowest BCUT2D eigenvalue weighted by Gasteiger charge is -2.25. The Morgan fingerprint density at radius 2 is 2.03 bits per heavy atom. The van der Waals surface area contributed by atoms with Crippen LogP contribution >= 0.6 is 0 Å². The van der Waals surface area contributed by atoms with E-state index in [2.05, 4.69) is 17.2 Å². The van der Waals surface area contributed by atoms with Crippen molar-refractivity contribution in [1.29, 1.82) is 0 Å². The molecule has 7 nitrogen and oxygen atoms in total. The SMILES string of the molecule is C=C[C@@H]1C[C@H]1NC(=O)[C@@H]1C[C@@H](C2C=CC(C)=C(F)C2)CN1C(=O)CNC(=O)OC(C)(C)C. The van der Waals surface area contributed by atoms with Crippen LogP contribution in [0, 0.1) is 17.8 Å². The molecule has 5 atom stereocenters. The topological polar surface area (TPSA) is 87.7 Å². The molecule has 0 aromatic rings. The molecule has 176 valence electrons.